The van der Waals surface area contributed by atoms with Crippen LogP contribution < -0.4 is 0 Å². The van der Waals surface area contributed by atoms with Crippen LogP contribution >= 0.6 is 0 Å². The van der Waals surface area contributed by atoms with Gasteiger partial charge in [0.05, 0.1) is 12.1 Å². The fourth-order valence-electron chi connectivity index (χ4n) is 2.56. The van der Waals surface area contributed by atoms with E-state index in [9.17, 15) is 13.2 Å². The van der Waals surface area contributed by atoms with E-state index < -0.39 is 11.7 Å². The van der Waals surface area contributed by atoms with Gasteiger partial charge in [-0.05, 0) is 31.7 Å². The Morgan fingerprint density at radius 3 is 2.46 bits per heavy atom. The largest absolute Gasteiger partial charge is 0.416 e. The van der Waals surface area contributed by atoms with E-state index in [1.807, 2.05) is 43.1 Å². The summed E-state index contributed by atoms with van der Waals surface area (Å²) in [6, 6.07) is 13.1. The fourth-order valence-corrected chi connectivity index (χ4v) is 2.56. The number of hydrogen-bond acceptors (Lipinski definition) is 4. The molecule has 136 valence electrons. The summed E-state index contributed by atoms with van der Waals surface area (Å²) in [7, 11) is 1.91. The van der Waals surface area contributed by atoms with Crippen LogP contribution in [0.15, 0.2) is 53.1 Å². The highest BCUT2D eigenvalue weighted by molar-refractivity contribution is 5.55. The maximum atomic E-state index is 12.8. The van der Waals surface area contributed by atoms with E-state index in [4.69, 9.17) is 4.52 Å². The SMILES string of the molecule is Cc1ccc(CN(C)Cc2nc(-c3cccc(C(F)(F)F)c3)no2)cc1. The number of aromatic nitrogens is 2. The minimum absolute atomic E-state index is 0.148. The normalized spacial score (nSPS) is 11.9. The Balaban J connectivity index is 1.69. The van der Waals surface area contributed by atoms with Crippen LogP contribution in [0.1, 0.15) is 22.6 Å². The Morgan fingerprint density at radius 1 is 1.04 bits per heavy atom. The van der Waals surface area contributed by atoms with Gasteiger partial charge < -0.3 is 4.52 Å². The Kier molecular flexibility index (Phi) is 5.08. The van der Waals surface area contributed by atoms with E-state index in [2.05, 4.69) is 10.1 Å². The minimum Gasteiger partial charge on any atom is -0.338 e. The van der Waals surface area contributed by atoms with Crippen molar-refractivity contribution in [3.8, 4) is 11.4 Å². The van der Waals surface area contributed by atoms with Crippen molar-refractivity contribution in [2.75, 3.05) is 7.05 Å². The molecule has 0 spiro atoms. The molecule has 0 aliphatic rings. The van der Waals surface area contributed by atoms with E-state index in [-0.39, 0.29) is 11.4 Å². The van der Waals surface area contributed by atoms with Crippen LogP contribution in [0.4, 0.5) is 13.2 Å². The molecule has 4 nitrogen and oxygen atoms in total. The third kappa shape index (κ3) is 4.49. The lowest BCUT2D eigenvalue weighted by Gasteiger charge is -2.14. The van der Waals surface area contributed by atoms with Gasteiger partial charge in [-0.1, -0.05) is 47.1 Å². The van der Waals surface area contributed by atoms with Crippen molar-refractivity contribution in [1.82, 2.24) is 15.0 Å². The van der Waals surface area contributed by atoms with E-state index >= 15 is 0 Å². The van der Waals surface area contributed by atoms with Crippen molar-refractivity contribution in [3.05, 3.63) is 71.1 Å². The molecule has 3 rings (SSSR count). The van der Waals surface area contributed by atoms with E-state index in [0.29, 0.717) is 19.0 Å². The Hall–Kier alpha value is -2.67. The van der Waals surface area contributed by atoms with Crippen molar-refractivity contribution in [2.45, 2.75) is 26.2 Å². The van der Waals surface area contributed by atoms with E-state index in [1.165, 1.54) is 17.7 Å². The second-order valence-electron chi connectivity index (χ2n) is 6.25. The zero-order chi connectivity index (χ0) is 18.7. The van der Waals surface area contributed by atoms with E-state index in [0.717, 1.165) is 17.7 Å². The maximum absolute atomic E-state index is 12.8. The summed E-state index contributed by atoms with van der Waals surface area (Å²) in [4.78, 5) is 6.21. The smallest absolute Gasteiger partial charge is 0.338 e. The molecule has 0 bridgehead atoms. The molecule has 0 unspecified atom stereocenters. The predicted octanol–water partition coefficient (Wildman–Crippen LogP) is 4.70. The van der Waals surface area contributed by atoms with Gasteiger partial charge in [-0.25, -0.2) is 0 Å². The van der Waals surface area contributed by atoms with Crippen molar-refractivity contribution in [3.63, 3.8) is 0 Å². The number of nitrogens with zero attached hydrogens (tertiary/aromatic N) is 3. The van der Waals surface area contributed by atoms with Gasteiger partial charge in [0.15, 0.2) is 0 Å². The number of hydrogen-bond donors (Lipinski definition) is 0. The van der Waals surface area contributed by atoms with Gasteiger partial charge in [-0.2, -0.15) is 18.2 Å². The summed E-state index contributed by atoms with van der Waals surface area (Å²) in [6.07, 6.45) is -4.41. The standard InChI is InChI=1S/C19H18F3N3O/c1-13-6-8-14(9-7-13)11-25(2)12-17-23-18(24-26-17)15-4-3-5-16(10-15)19(20,21)22/h3-10H,11-12H2,1-2H3. The van der Waals surface area contributed by atoms with Crippen LogP contribution in [0, 0.1) is 6.92 Å². The molecule has 0 saturated heterocycles. The summed E-state index contributed by atoms with van der Waals surface area (Å²) in [5.74, 6) is 0.502. The first-order valence-electron chi connectivity index (χ1n) is 8.05. The first-order chi connectivity index (χ1) is 12.3. The summed E-state index contributed by atoms with van der Waals surface area (Å²) >= 11 is 0. The zero-order valence-electron chi connectivity index (χ0n) is 14.4. The molecule has 0 aliphatic heterocycles. The molecular weight excluding hydrogens is 343 g/mol. The second-order valence-corrected chi connectivity index (χ2v) is 6.25. The molecule has 0 aliphatic carbocycles. The number of alkyl halides is 3. The van der Waals surface area contributed by atoms with Crippen molar-refractivity contribution in [2.24, 2.45) is 0 Å². The summed E-state index contributed by atoms with van der Waals surface area (Å²) < 4.78 is 43.7. The molecule has 2 aromatic carbocycles. The predicted molar refractivity (Wildman–Crippen MR) is 91.1 cm³/mol. The number of rotatable bonds is 5. The van der Waals surface area contributed by atoms with Gasteiger partial charge >= 0.3 is 6.18 Å². The second kappa shape index (κ2) is 7.29. The number of aryl methyl sites for hydroxylation is 1. The number of halogens is 3. The molecule has 7 heteroatoms. The molecule has 0 radical (unpaired) electrons. The maximum Gasteiger partial charge on any atom is 0.416 e. The highest BCUT2D eigenvalue weighted by Crippen LogP contribution is 2.31. The fraction of sp³-hybridized carbons (Fsp3) is 0.263. The monoisotopic (exact) mass is 361 g/mol. The summed E-state index contributed by atoms with van der Waals surface area (Å²) in [6.45, 7) is 3.13. The Bertz CT molecular complexity index is 872. The molecule has 1 aromatic heterocycles. The molecule has 26 heavy (non-hydrogen) atoms. The molecule has 0 N–H and O–H groups in total. The highest BCUT2D eigenvalue weighted by Gasteiger charge is 2.30. The Labute approximate surface area is 149 Å². The average Bonchev–Trinajstić information content (AvgIpc) is 3.05. The van der Waals surface area contributed by atoms with Crippen LogP contribution in [-0.4, -0.2) is 22.1 Å². The van der Waals surface area contributed by atoms with Crippen molar-refractivity contribution < 1.29 is 17.7 Å². The van der Waals surface area contributed by atoms with Gasteiger partial charge in [0.2, 0.25) is 11.7 Å². The summed E-state index contributed by atoms with van der Waals surface area (Å²) in [5.41, 5.74) is 1.88. The average molecular weight is 361 g/mol. The molecule has 1 heterocycles. The zero-order valence-corrected chi connectivity index (χ0v) is 14.4. The minimum atomic E-state index is -4.41. The topological polar surface area (TPSA) is 42.2 Å². The van der Waals surface area contributed by atoms with Gasteiger partial charge in [0.1, 0.15) is 0 Å². The van der Waals surface area contributed by atoms with Crippen LogP contribution in [0.3, 0.4) is 0 Å². The molecule has 0 atom stereocenters. The van der Waals surface area contributed by atoms with Crippen LogP contribution in [0.5, 0.6) is 0 Å². The van der Waals surface area contributed by atoms with Gasteiger partial charge in [0.25, 0.3) is 0 Å². The molecule has 0 saturated carbocycles. The lowest BCUT2D eigenvalue weighted by molar-refractivity contribution is -0.137. The van der Waals surface area contributed by atoms with E-state index in [1.54, 1.807) is 0 Å². The highest BCUT2D eigenvalue weighted by atomic mass is 19.4. The van der Waals surface area contributed by atoms with Gasteiger partial charge in [0, 0.05) is 12.1 Å². The molecule has 3 aromatic rings. The van der Waals surface area contributed by atoms with Crippen LogP contribution in [-0.2, 0) is 19.3 Å². The third-order valence-electron chi connectivity index (χ3n) is 3.89. The summed E-state index contributed by atoms with van der Waals surface area (Å²) in [5, 5.41) is 3.80. The van der Waals surface area contributed by atoms with Crippen LogP contribution in [0.25, 0.3) is 11.4 Å². The molecule has 0 amide bonds. The third-order valence-corrected chi connectivity index (χ3v) is 3.89. The Morgan fingerprint density at radius 2 is 1.77 bits per heavy atom. The van der Waals surface area contributed by atoms with Gasteiger partial charge in [-0.3, -0.25) is 4.90 Å². The number of benzene rings is 2. The van der Waals surface area contributed by atoms with Crippen molar-refractivity contribution >= 4 is 0 Å². The van der Waals surface area contributed by atoms with Crippen molar-refractivity contribution in [1.29, 1.82) is 0 Å². The first-order valence-corrected chi connectivity index (χ1v) is 8.05. The van der Waals surface area contributed by atoms with Gasteiger partial charge in [-0.15, -0.1) is 0 Å². The molecular formula is C19H18F3N3O. The molecule has 0 fully saturated rings. The van der Waals surface area contributed by atoms with Crippen LogP contribution in [0.2, 0.25) is 0 Å². The first kappa shape index (κ1) is 18.1. The lowest BCUT2D eigenvalue weighted by Crippen LogP contribution is -2.17. The quantitative estimate of drug-likeness (QED) is 0.661. The lowest BCUT2D eigenvalue weighted by atomic mass is 10.1.